The summed E-state index contributed by atoms with van der Waals surface area (Å²) in [7, 11) is -2.85. The predicted molar refractivity (Wildman–Crippen MR) is 125 cm³/mol. The van der Waals surface area contributed by atoms with Crippen LogP contribution in [0.5, 0.6) is 0 Å². The van der Waals surface area contributed by atoms with Crippen LogP contribution in [0.25, 0.3) is 0 Å². The largest absolute Gasteiger partial charge is 0.469 e. The zero-order valence-corrected chi connectivity index (χ0v) is 21.5. The molecule has 1 N–H and O–H groups in total. The van der Waals surface area contributed by atoms with E-state index in [0.29, 0.717) is 18.4 Å². The Morgan fingerprint density at radius 3 is 2.21 bits per heavy atom. The molecule has 0 aliphatic rings. The van der Waals surface area contributed by atoms with Gasteiger partial charge in [-0.3, -0.25) is 14.4 Å². The molecule has 33 heavy (non-hydrogen) atoms. The highest BCUT2D eigenvalue weighted by molar-refractivity contribution is 7.90. The molecule has 8 nitrogen and oxygen atoms in total. The van der Waals surface area contributed by atoms with Crippen molar-refractivity contribution >= 4 is 27.9 Å². The second kappa shape index (κ2) is 11.6. The molecule has 0 radical (unpaired) electrons. The number of hydrogen-bond acceptors (Lipinski definition) is 7. The van der Waals surface area contributed by atoms with E-state index in [9.17, 15) is 22.8 Å². The van der Waals surface area contributed by atoms with Gasteiger partial charge in [0.25, 0.3) is 10.0 Å². The van der Waals surface area contributed by atoms with Gasteiger partial charge in [0.1, 0.15) is 0 Å². The van der Waals surface area contributed by atoms with Crippen LogP contribution in [-0.4, -0.2) is 40.0 Å². The Bertz CT molecular complexity index is 955. The van der Waals surface area contributed by atoms with Gasteiger partial charge in [0.05, 0.1) is 29.9 Å². The third-order valence-corrected chi connectivity index (χ3v) is 7.20. The number of carbonyl (C=O) groups excluding carboxylic acids is 3. The minimum absolute atomic E-state index is 0.00889. The summed E-state index contributed by atoms with van der Waals surface area (Å²) in [5.74, 6) is -2.29. The smallest absolute Gasteiger partial charge is 0.311 e. The lowest BCUT2D eigenvalue weighted by molar-refractivity contribution is -0.159. The van der Waals surface area contributed by atoms with Gasteiger partial charge in [0.2, 0.25) is 5.91 Å². The monoisotopic (exact) mass is 483 g/mol. The molecule has 0 aliphatic heterocycles. The lowest BCUT2D eigenvalue weighted by atomic mass is 9.69. The summed E-state index contributed by atoms with van der Waals surface area (Å²) in [6.07, 6.45) is 1.21. The zero-order chi connectivity index (χ0) is 25.4. The molecule has 186 valence electrons. The van der Waals surface area contributed by atoms with Crippen LogP contribution in [0.2, 0.25) is 0 Å². The number of aryl methyl sites for hydroxylation is 1. The summed E-state index contributed by atoms with van der Waals surface area (Å²) >= 11 is 0. The number of carbonyl (C=O) groups is 3. The van der Waals surface area contributed by atoms with E-state index < -0.39 is 44.6 Å². The average molecular weight is 484 g/mol. The van der Waals surface area contributed by atoms with E-state index in [2.05, 4.69) is 4.72 Å². The van der Waals surface area contributed by atoms with E-state index in [-0.39, 0.29) is 24.3 Å². The Labute approximate surface area is 197 Å². The molecule has 2 unspecified atom stereocenters. The van der Waals surface area contributed by atoms with Gasteiger partial charge in [0.15, 0.2) is 0 Å². The van der Waals surface area contributed by atoms with Crippen LogP contribution in [0.15, 0.2) is 29.2 Å². The van der Waals surface area contributed by atoms with Crippen LogP contribution in [-0.2, 0) is 33.9 Å². The molecule has 1 rings (SSSR count). The van der Waals surface area contributed by atoms with Crippen LogP contribution < -0.4 is 4.72 Å². The normalized spacial score (nSPS) is 14.6. The van der Waals surface area contributed by atoms with Crippen molar-refractivity contribution in [2.75, 3.05) is 13.7 Å². The lowest BCUT2D eigenvalue weighted by Gasteiger charge is -2.36. The van der Waals surface area contributed by atoms with Crippen molar-refractivity contribution in [3.8, 4) is 0 Å². The number of esters is 2. The van der Waals surface area contributed by atoms with Crippen molar-refractivity contribution in [2.24, 2.45) is 16.7 Å². The highest BCUT2D eigenvalue weighted by atomic mass is 32.2. The minimum Gasteiger partial charge on any atom is -0.469 e. The standard InChI is InChI=1S/C24H37NO7S/c1-8-14-32-20(26)18(9-2)15-24(6,22(28)31-7)16-23(4,5)21(27)25-33(29,30)19-13-11-10-12-17(19)3/h10-13,18H,8-9,14-16H2,1-7H3,(H,25,27). The van der Waals surface area contributed by atoms with Crippen LogP contribution in [0, 0.1) is 23.7 Å². The molecule has 1 aromatic rings. The Morgan fingerprint density at radius 2 is 1.70 bits per heavy atom. The predicted octanol–water partition coefficient (Wildman–Crippen LogP) is 3.77. The van der Waals surface area contributed by atoms with Gasteiger partial charge in [-0.05, 0) is 51.2 Å². The highest BCUT2D eigenvalue weighted by Crippen LogP contribution is 2.41. The van der Waals surface area contributed by atoms with E-state index in [1.54, 1.807) is 45.9 Å². The molecule has 0 aromatic heterocycles. The molecule has 0 bridgehead atoms. The minimum atomic E-state index is -4.10. The summed E-state index contributed by atoms with van der Waals surface area (Å²) < 4.78 is 38.0. The highest BCUT2D eigenvalue weighted by Gasteiger charge is 2.46. The zero-order valence-electron chi connectivity index (χ0n) is 20.7. The molecule has 0 heterocycles. The van der Waals surface area contributed by atoms with E-state index in [4.69, 9.17) is 9.47 Å². The number of benzene rings is 1. The number of rotatable bonds is 12. The summed E-state index contributed by atoms with van der Waals surface area (Å²) in [6.45, 7) is 10.4. The first kappa shape index (κ1) is 28.6. The molecule has 0 aliphatic carbocycles. The Balaban J connectivity index is 3.15. The quantitative estimate of drug-likeness (QED) is 0.450. The molecule has 2 atom stereocenters. The second-order valence-corrected chi connectivity index (χ2v) is 10.9. The fourth-order valence-electron chi connectivity index (χ4n) is 3.96. The van der Waals surface area contributed by atoms with Crippen molar-refractivity contribution in [1.82, 2.24) is 4.72 Å². The Kier molecular flexibility index (Phi) is 10.1. The summed E-state index contributed by atoms with van der Waals surface area (Å²) in [5, 5.41) is 0. The number of ether oxygens (including phenoxy) is 2. The van der Waals surface area contributed by atoms with Crippen LogP contribution in [0.4, 0.5) is 0 Å². The van der Waals surface area contributed by atoms with Crippen molar-refractivity contribution in [3.05, 3.63) is 29.8 Å². The second-order valence-electron chi connectivity index (χ2n) is 9.29. The van der Waals surface area contributed by atoms with E-state index in [1.165, 1.54) is 13.2 Å². The molecule has 0 spiro atoms. The maximum atomic E-state index is 13.1. The van der Waals surface area contributed by atoms with E-state index >= 15 is 0 Å². The van der Waals surface area contributed by atoms with Gasteiger partial charge in [-0.15, -0.1) is 0 Å². The Hall–Kier alpha value is -2.42. The number of hydrogen-bond donors (Lipinski definition) is 1. The fraction of sp³-hybridized carbons (Fsp3) is 0.625. The van der Waals surface area contributed by atoms with E-state index in [1.807, 2.05) is 13.8 Å². The van der Waals surface area contributed by atoms with Crippen molar-refractivity contribution in [3.63, 3.8) is 0 Å². The maximum Gasteiger partial charge on any atom is 0.311 e. The van der Waals surface area contributed by atoms with Gasteiger partial charge in [-0.25, -0.2) is 13.1 Å². The maximum absolute atomic E-state index is 13.1. The number of methoxy groups -OCH3 is 1. The van der Waals surface area contributed by atoms with Gasteiger partial charge < -0.3 is 9.47 Å². The van der Waals surface area contributed by atoms with Crippen molar-refractivity contribution in [1.29, 1.82) is 0 Å². The van der Waals surface area contributed by atoms with Gasteiger partial charge in [0, 0.05) is 5.41 Å². The fourth-order valence-corrected chi connectivity index (χ4v) is 5.34. The number of sulfonamides is 1. The summed E-state index contributed by atoms with van der Waals surface area (Å²) in [4.78, 5) is 38.3. The molecular weight excluding hydrogens is 446 g/mol. The number of amides is 1. The van der Waals surface area contributed by atoms with Gasteiger partial charge >= 0.3 is 11.9 Å². The molecule has 0 fully saturated rings. The summed E-state index contributed by atoms with van der Waals surface area (Å²) in [5.41, 5.74) is -1.97. The number of nitrogens with one attached hydrogen (secondary N) is 1. The molecule has 1 amide bonds. The molecule has 0 saturated carbocycles. The van der Waals surface area contributed by atoms with Crippen LogP contribution >= 0.6 is 0 Å². The SMILES string of the molecule is CCCOC(=O)C(CC)CC(C)(CC(C)(C)C(=O)NS(=O)(=O)c1ccccc1C)C(=O)OC. The summed E-state index contributed by atoms with van der Waals surface area (Å²) in [6, 6.07) is 6.34. The van der Waals surface area contributed by atoms with Crippen molar-refractivity contribution in [2.45, 2.75) is 72.1 Å². The van der Waals surface area contributed by atoms with E-state index in [0.717, 1.165) is 0 Å². The third kappa shape index (κ3) is 7.55. The molecule has 9 heteroatoms. The topological polar surface area (TPSA) is 116 Å². The lowest BCUT2D eigenvalue weighted by Crippen LogP contribution is -2.45. The van der Waals surface area contributed by atoms with Crippen LogP contribution in [0.3, 0.4) is 0 Å². The van der Waals surface area contributed by atoms with Crippen LogP contribution in [0.1, 0.15) is 65.9 Å². The molecule has 1 aromatic carbocycles. The first-order valence-corrected chi connectivity index (χ1v) is 12.6. The Morgan fingerprint density at radius 1 is 1.09 bits per heavy atom. The molecular formula is C24H37NO7S. The van der Waals surface area contributed by atoms with Crippen molar-refractivity contribution < 1.29 is 32.3 Å². The van der Waals surface area contributed by atoms with Gasteiger partial charge in [-0.1, -0.05) is 45.9 Å². The first-order valence-electron chi connectivity index (χ1n) is 11.1. The average Bonchev–Trinajstić information content (AvgIpc) is 2.74. The third-order valence-electron chi connectivity index (χ3n) is 5.71. The molecule has 0 saturated heterocycles. The van der Waals surface area contributed by atoms with Gasteiger partial charge in [-0.2, -0.15) is 0 Å². The first-order chi connectivity index (χ1) is 15.2.